The van der Waals surface area contributed by atoms with Crippen molar-refractivity contribution in [2.45, 2.75) is 39.5 Å². The van der Waals surface area contributed by atoms with Crippen LogP contribution in [0.3, 0.4) is 0 Å². The standard InChI is InChI=1S/C12H23NO2/c1-9-6-13(7-10(9)2)11(8-14)15-12(3,4)5/h10-11,14H,1,6-8H2,2-5H3. The maximum atomic E-state index is 9.33. The molecular weight excluding hydrogens is 190 g/mol. The Hall–Kier alpha value is -0.380. The SMILES string of the molecule is C=C1CN(C(CO)OC(C)(C)C)CC1C. The van der Waals surface area contributed by atoms with E-state index in [0.717, 1.165) is 13.1 Å². The third-order valence-electron chi connectivity index (χ3n) is 2.66. The van der Waals surface area contributed by atoms with Gasteiger partial charge in [0.15, 0.2) is 0 Å². The molecule has 0 aromatic heterocycles. The largest absolute Gasteiger partial charge is 0.392 e. The number of aliphatic hydroxyl groups is 1. The summed E-state index contributed by atoms with van der Waals surface area (Å²) in [7, 11) is 0. The minimum absolute atomic E-state index is 0.0390. The van der Waals surface area contributed by atoms with E-state index in [4.69, 9.17) is 4.74 Å². The summed E-state index contributed by atoms with van der Waals surface area (Å²) in [5, 5.41) is 9.33. The minimum atomic E-state index is -0.222. The van der Waals surface area contributed by atoms with Gasteiger partial charge in [0.2, 0.25) is 0 Å². The monoisotopic (exact) mass is 213 g/mol. The molecule has 0 bridgehead atoms. The van der Waals surface area contributed by atoms with Crippen molar-refractivity contribution in [3.05, 3.63) is 12.2 Å². The summed E-state index contributed by atoms with van der Waals surface area (Å²) in [6.07, 6.45) is -0.202. The predicted molar refractivity (Wildman–Crippen MR) is 61.6 cm³/mol. The lowest BCUT2D eigenvalue weighted by molar-refractivity contribution is -0.144. The molecule has 1 fully saturated rings. The number of hydrogen-bond acceptors (Lipinski definition) is 3. The molecule has 0 amide bonds. The van der Waals surface area contributed by atoms with Gasteiger partial charge in [0.1, 0.15) is 6.23 Å². The number of hydrogen-bond donors (Lipinski definition) is 1. The molecule has 3 nitrogen and oxygen atoms in total. The lowest BCUT2D eigenvalue weighted by atomic mass is 10.1. The van der Waals surface area contributed by atoms with Crippen molar-refractivity contribution >= 4 is 0 Å². The first-order valence-electron chi connectivity index (χ1n) is 5.54. The summed E-state index contributed by atoms with van der Waals surface area (Å²) in [4.78, 5) is 2.15. The van der Waals surface area contributed by atoms with Crippen LogP contribution in [0.2, 0.25) is 0 Å². The Bertz CT molecular complexity index is 232. The summed E-state index contributed by atoms with van der Waals surface area (Å²) in [6, 6.07) is 0. The van der Waals surface area contributed by atoms with Crippen molar-refractivity contribution < 1.29 is 9.84 Å². The lowest BCUT2D eigenvalue weighted by Gasteiger charge is -2.32. The summed E-state index contributed by atoms with van der Waals surface area (Å²) < 4.78 is 5.80. The fraction of sp³-hybridized carbons (Fsp3) is 0.833. The first-order valence-corrected chi connectivity index (χ1v) is 5.54. The number of likely N-dealkylation sites (tertiary alicyclic amines) is 1. The maximum absolute atomic E-state index is 9.33. The molecular formula is C12H23NO2. The highest BCUT2D eigenvalue weighted by atomic mass is 16.5. The summed E-state index contributed by atoms with van der Waals surface area (Å²) in [5.41, 5.74) is 1.01. The van der Waals surface area contributed by atoms with Crippen LogP contribution in [0, 0.1) is 5.92 Å². The van der Waals surface area contributed by atoms with Crippen LogP contribution in [0.4, 0.5) is 0 Å². The van der Waals surface area contributed by atoms with Crippen LogP contribution in [-0.4, -0.2) is 41.5 Å². The Morgan fingerprint density at radius 1 is 1.60 bits per heavy atom. The second kappa shape index (κ2) is 4.64. The Morgan fingerprint density at radius 3 is 2.53 bits per heavy atom. The van der Waals surface area contributed by atoms with Gasteiger partial charge in [0, 0.05) is 13.1 Å². The molecule has 1 aliphatic rings. The smallest absolute Gasteiger partial charge is 0.134 e. The van der Waals surface area contributed by atoms with Crippen molar-refractivity contribution in [2.24, 2.45) is 5.92 Å². The van der Waals surface area contributed by atoms with E-state index in [-0.39, 0.29) is 18.4 Å². The second-order valence-corrected chi connectivity index (χ2v) is 5.36. The molecule has 0 aliphatic carbocycles. The molecule has 1 aliphatic heterocycles. The van der Waals surface area contributed by atoms with Crippen LogP contribution in [0.15, 0.2) is 12.2 Å². The van der Waals surface area contributed by atoms with E-state index in [9.17, 15) is 5.11 Å². The van der Waals surface area contributed by atoms with E-state index < -0.39 is 0 Å². The highest BCUT2D eigenvalue weighted by molar-refractivity contribution is 5.08. The molecule has 2 atom stereocenters. The molecule has 0 spiro atoms. The van der Waals surface area contributed by atoms with Gasteiger partial charge >= 0.3 is 0 Å². The van der Waals surface area contributed by atoms with Crippen LogP contribution in [0.5, 0.6) is 0 Å². The van der Waals surface area contributed by atoms with Gasteiger partial charge in [-0.2, -0.15) is 0 Å². The lowest BCUT2D eigenvalue weighted by Crippen LogP contribution is -2.43. The molecule has 15 heavy (non-hydrogen) atoms. The number of rotatable bonds is 3. The fourth-order valence-corrected chi connectivity index (χ4v) is 1.82. The van der Waals surface area contributed by atoms with Crippen LogP contribution in [0.25, 0.3) is 0 Å². The zero-order chi connectivity index (χ0) is 11.6. The second-order valence-electron chi connectivity index (χ2n) is 5.36. The van der Waals surface area contributed by atoms with E-state index in [0.29, 0.717) is 5.92 Å². The number of aliphatic hydroxyl groups excluding tert-OH is 1. The van der Waals surface area contributed by atoms with E-state index in [2.05, 4.69) is 18.4 Å². The molecule has 0 radical (unpaired) electrons. The highest BCUT2D eigenvalue weighted by Crippen LogP contribution is 2.24. The van der Waals surface area contributed by atoms with Crippen LogP contribution < -0.4 is 0 Å². The summed E-state index contributed by atoms with van der Waals surface area (Å²) >= 11 is 0. The highest BCUT2D eigenvalue weighted by Gasteiger charge is 2.30. The van der Waals surface area contributed by atoms with Crippen LogP contribution in [0.1, 0.15) is 27.7 Å². The van der Waals surface area contributed by atoms with Gasteiger partial charge in [-0.1, -0.05) is 19.1 Å². The molecule has 2 unspecified atom stereocenters. The number of ether oxygens (including phenoxy) is 1. The van der Waals surface area contributed by atoms with Crippen molar-refractivity contribution in [1.29, 1.82) is 0 Å². The summed E-state index contributed by atoms with van der Waals surface area (Å²) in [5.74, 6) is 0.502. The molecule has 3 heteroatoms. The van der Waals surface area contributed by atoms with Gasteiger partial charge in [-0.15, -0.1) is 0 Å². The van der Waals surface area contributed by atoms with Gasteiger partial charge in [0.25, 0.3) is 0 Å². The Morgan fingerprint density at radius 2 is 2.20 bits per heavy atom. The van der Waals surface area contributed by atoms with Crippen molar-refractivity contribution in [3.8, 4) is 0 Å². The van der Waals surface area contributed by atoms with Crippen molar-refractivity contribution in [2.75, 3.05) is 19.7 Å². The molecule has 1 heterocycles. The van der Waals surface area contributed by atoms with E-state index in [1.54, 1.807) is 0 Å². The van der Waals surface area contributed by atoms with Crippen molar-refractivity contribution in [3.63, 3.8) is 0 Å². The van der Waals surface area contributed by atoms with Gasteiger partial charge in [-0.25, -0.2) is 0 Å². The van der Waals surface area contributed by atoms with Crippen LogP contribution in [-0.2, 0) is 4.74 Å². The molecule has 0 aromatic carbocycles. The summed E-state index contributed by atoms with van der Waals surface area (Å²) in [6.45, 7) is 14.0. The van der Waals surface area contributed by atoms with Crippen molar-refractivity contribution in [1.82, 2.24) is 4.90 Å². The zero-order valence-corrected chi connectivity index (χ0v) is 10.3. The molecule has 1 N–H and O–H groups in total. The Kier molecular flexibility index (Phi) is 3.93. The predicted octanol–water partition coefficient (Wildman–Crippen LogP) is 1.63. The molecule has 88 valence electrons. The third kappa shape index (κ3) is 3.59. The Labute approximate surface area is 92.7 Å². The van der Waals surface area contributed by atoms with Gasteiger partial charge in [-0.3, -0.25) is 4.90 Å². The van der Waals surface area contributed by atoms with Gasteiger partial charge in [-0.05, 0) is 26.7 Å². The number of nitrogens with zero attached hydrogens (tertiary/aromatic N) is 1. The average molecular weight is 213 g/mol. The first kappa shape index (κ1) is 12.7. The van der Waals surface area contributed by atoms with E-state index in [1.807, 2.05) is 20.8 Å². The maximum Gasteiger partial charge on any atom is 0.134 e. The zero-order valence-electron chi connectivity index (χ0n) is 10.3. The Balaban J connectivity index is 2.57. The van der Waals surface area contributed by atoms with Gasteiger partial charge < -0.3 is 9.84 Å². The molecule has 0 saturated carbocycles. The van der Waals surface area contributed by atoms with E-state index in [1.165, 1.54) is 5.57 Å². The fourth-order valence-electron chi connectivity index (χ4n) is 1.82. The normalized spacial score (nSPS) is 25.9. The quantitative estimate of drug-likeness (QED) is 0.723. The van der Waals surface area contributed by atoms with E-state index >= 15 is 0 Å². The molecule has 1 saturated heterocycles. The third-order valence-corrected chi connectivity index (χ3v) is 2.66. The minimum Gasteiger partial charge on any atom is -0.392 e. The first-order chi connectivity index (χ1) is 6.83. The molecule has 1 rings (SSSR count). The van der Waals surface area contributed by atoms with Crippen LogP contribution >= 0.6 is 0 Å². The topological polar surface area (TPSA) is 32.7 Å². The van der Waals surface area contributed by atoms with Gasteiger partial charge in [0.05, 0.1) is 12.2 Å². The average Bonchev–Trinajstić information content (AvgIpc) is 2.41. The molecule has 0 aromatic rings.